The molecule has 0 aliphatic heterocycles. The molecule has 1 atom stereocenters. The third-order valence-corrected chi connectivity index (χ3v) is 6.23. The van der Waals surface area contributed by atoms with Gasteiger partial charge in [-0.15, -0.1) is 0 Å². The van der Waals surface area contributed by atoms with Crippen molar-refractivity contribution >= 4 is 12.6 Å². The Balaban J connectivity index is 1.86. The van der Waals surface area contributed by atoms with Crippen molar-refractivity contribution < 1.29 is 10.0 Å². The van der Waals surface area contributed by atoms with E-state index in [-0.39, 0.29) is 0 Å². The Kier molecular flexibility index (Phi) is 3.06. The lowest BCUT2D eigenvalue weighted by Crippen LogP contribution is -2.33. The normalized spacial score (nSPS) is 17.8. The van der Waals surface area contributed by atoms with E-state index >= 15 is 0 Å². The van der Waals surface area contributed by atoms with E-state index in [1.165, 1.54) is 16.7 Å². The summed E-state index contributed by atoms with van der Waals surface area (Å²) in [5, 5.41) is 20.2. The lowest BCUT2D eigenvalue weighted by atomic mass is 9.69. The average molecular weight is 361 g/mol. The lowest BCUT2D eigenvalue weighted by molar-refractivity contribution is 0.426. The van der Waals surface area contributed by atoms with Crippen LogP contribution in [-0.2, 0) is 5.41 Å². The van der Waals surface area contributed by atoms with Crippen LogP contribution < -0.4 is 5.46 Å². The molecule has 4 aromatic rings. The Bertz CT molecular complexity index is 1220. The van der Waals surface area contributed by atoms with Gasteiger partial charge in [0.2, 0.25) is 0 Å². The molecule has 0 radical (unpaired) electrons. The molecular formula is C24H16BNO2. The number of aromatic nitrogens is 1. The van der Waals surface area contributed by atoms with E-state index in [1.807, 2.05) is 24.5 Å². The molecule has 0 amide bonds. The van der Waals surface area contributed by atoms with E-state index in [1.54, 1.807) is 6.07 Å². The summed E-state index contributed by atoms with van der Waals surface area (Å²) in [6, 6.07) is 24.7. The highest BCUT2D eigenvalue weighted by Crippen LogP contribution is 2.61. The van der Waals surface area contributed by atoms with E-state index in [2.05, 4.69) is 59.6 Å². The third-order valence-electron chi connectivity index (χ3n) is 6.23. The molecule has 0 fully saturated rings. The van der Waals surface area contributed by atoms with Crippen LogP contribution in [0.15, 0.2) is 85.2 Å². The van der Waals surface area contributed by atoms with E-state index in [9.17, 15) is 10.0 Å². The highest BCUT2D eigenvalue weighted by molar-refractivity contribution is 6.60. The summed E-state index contributed by atoms with van der Waals surface area (Å²) in [7, 11) is -1.52. The van der Waals surface area contributed by atoms with Gasteiger partial charge in [0.25, 0.3) is 0 Å². The maximum atomic E-state index is 10.1. The van der Waals surface area contributed by atoms with Gasteiger partial charge in [-0.05, 0) is 56.0 Å². The van der Waals surface area contributed by atoms with Gasteiger partial charge in [0.15, 0.2) is 0 Å². The summed E-state index contributed by atoms with van der Waals surface area (Å²) >= 11 is 0. The lowest BCUT2D eigenvalue weighted by Gasteiger charge is -2.30. The largest absolute Gasteiger partial charge is 0.489 e. The van der Waals surface area contributed by atoms with E-state index in [0.29, 0.717) is 5.46 Å². The number of benzene rings is 3. The van der Waals surface area contributed by atoms with Gasteiger partial charge in [0.1, 0.15) is 0 Å². The Labute approximate surface area is 163 Å². The molecule has 28 heavy (non-hydrogen) atoms. The molecule has 3 nitrogen and oxygen atoms in total. The van der Waals surface area contributed by atoms with Crippen LogP contribution in [-0.4, -0.2) is 22.2 Å². The third kappa shape index (κ3) is 1.70. The second-order valence-corrected chi connectivity index (χ2v) is 7.41. The SMILES string of the molecule is OB(O)c1cccc2c1-c1ccccc1C21c2ccccc2-c2ccncc21. The van der Waals surface area contributed by atoms with Crippen molar-refractivity contribution in [3.63, 3.8) is 0 Å². The van der Waals surface area contributed by atoms with Gasteiger partial charge >= 0.3 is 7.12 Å². The molecule has 1 aromatic heterocycles. The fourth-order valence-corrected chi connectivity index (χ4v) is 5.27. The molecule has 0 saturated heterocycles. The van der Waals surface area contributed by atoms with Crippen molar-refractivity contribution in [2.24, 2.45) is 0 Å². The van der Waals surface area contributed by atoms with E-state index < -0.39 is 12.5 Å². The number of hydrogen-bond acceptors (Lipinski definition) is 3. The predicted molar refractivity (Wildman–Crippen MR) is 110 cm³/mol. The summed E-state index contributed by atoms with van der Waals surface area (Å²) in [6.07, 6.45) is 3.80. The first kappa shape index (κ1) is 15.8. The average Bonchev–Trinajstić information content (AvgIpc) is 3.21. The number of hydrogen-bond donors (Lipinski definition) is 2. The van der Waals surface area contributed by atoms with E-state index in [4.69, 9.17) is 0 Å². The maximum absolute atomic E-state index is 10.1. The Morgan fingerprint density at radius 1 is 0.643 bits per heavy atom. The minimum atomic E-state index is -1.52. The molecular weight excluding hydrogens is 345 g/mol. The molecule has 6 rings (SSSR count). The van der Waals surface area contributed by atoms with Crippen LogP contribution >= 0.6 is 0 Å². The van der Waals surface area contributed by atoms with Gasteiger partial charge in [-0.3, -0.25) is 4.98 Å². The van der Waals surface area contributed by atoms with Crippen LogP contribution in [0.1, 0.15) is 22.3 Å². The van der Waals surface area contributed by atoms with Crippen LogP contribution in [0.5, 0.6) is 0 Å². The predicted octanol–water partition coefficient (Wildman–Crippen LogP) is 3.10. The fourth-order valence-electron chi connectivity index (χ4n) is 5.27. The van der Waals surface area contributed by atoms with Crippen molar-refractivity contribution in [2.75, 3.05) is 0 Å². The first-order chi connectivity index (χ1) is 13.7. The highest BCUT2D eigenvalue weighted by atomic mass is 16.4. The minimum absolute atomic E-state index is 0.489. The topological polar surface area (TPSA) is 53.4 Å². The molecule has 1 heterocycles. The summed E-state index contributed by atoms with van der Waals surface area (Å²) in [6.45, 7) is 0. The molecule has 132 valence electrons. The number of fused-ring (bicyclic) bond motifs is 10. The molecule has 2 aliphatic rings. The van der Waals surface area contributed by atoms with Crippen LogP contribution in [0.3, 0.4) is 0 Å². The monoisotopic (exact) mass is 361 g/mol. The van der Waals surface area contributed by atoms with Gasteiger partial charge < -0.3 is 10.0 Å². The van der Waals surface area contributed by atoms with Gasteiger partial charge in [-0.1, -0.05) is 66.7 Å². The Hall–Kier alpha value is -3.21. The second-order valence-electron chi connectivity index (χ2n) is 7.41. The minimum Gasteiger partial charge on any atom is -0.423 e. The fraction of sp³-hybridized carbons (Fsp3) is 0.0417. The van der Waals surface area contributed by atoms with E-state index in [0.717, 1.165) is 27.8 Å². The smallest absolute Gasteiger partial charge is 0.423 e. The molecule has 1 unspecified atom stereocenters. The number of rotatable bonds is 1. The zero-order chi connectivity index (χ0) is 18.9. The molecule has 3 aromatic carbocycles. The van der Waals surface area contributed by atoms with Crippen LogP contribution in [0.4, 0.5) is 0 Å². The van der Waals surface area contributed by atoms with Crippen molar-refractivity contribution in [1.82, 2.24) is 4.98 Å². The van der Waals surface area contributed by atoms with Crippen molar-refractivity contribution in [3.05, 3.63) is 107 Å². The summed E-state index contributed by atoms with van der Waals surface area (Å²) in [5.41, 5.74) is 9.01. The number of pyridine rings is 1. The van der Waals surface area contributed by atoms with Gasteiger partial charge in [0, 0.05) is 12.4 Å². The van der Waals surface area contributed by atoms with Crippen LogP contribution in [0.2, 0.25) is 0 Å². The molecule has 4 heteroatoms. The number of nitrogens with zero attached hydrogens (tertiary/aromatic N) is 1. The Morgan fingerprint density at radius 3 is 2.07 bits per heavy atom. The second kappa shape index (κ2) is 5.41. The van der Waals surface area contributed by atoms with Crippen molar-refractivity contribution in [2.45, 2.75) is 5.41 Å². The standard InChI is InChI=1S/C24H16BNO2/c27-25(28)22-11-5-10-20-23(22)17-7-2-4-9-19(17)24(20)18-8-3-1-6-15(18)16-12-13-26-14-21(16)24/h1-14,27-28H. The maximum Gasteiger partial charge on any atom is 0.489 e. The summed E-state index contributed by atoms with van der Waals surface area (Å²) in [4.78, 5) is 4.46. The van der Waals surface area contributed by atoms with Gasteiger partial charge in [-0.25, -0.2) is 0 Å². The summed E-state index contributed by atoms with van der Waals surface area (Å²) < 4.78 is 0. The van der Waals surface area contributed by atoms with Crippen LogP contribution in [0.25, 0.3) is 22.3 Å². The zero-order valence-electron chi connectivity index (χ0n) is 15.0. The quantitative estimate of drug-likeness (QED) is 0.443. The van der Waals surface area contributed by atoms with Crippen molar-refractivity contribution in [1.29, 1.82) is 0 Å². The van der Waals surface area contributed by atoms with Crippen molar-refractivity contribution in [3.8, 4) is 22.3 Å². The molecule has 2 aliphatic carbocycles. The first-order valence-electron chi connectivity index (χ1n) is 9.38. The van der Waals surface area contributed by atoms with Gasteiger partial charge in [-0.2, -0.15) is 0 Å². The first-order valence-corrected chi connectivity index (χ1v) is 9.38. The Morgan fingerprint density at radius 2 is 1.29 bits per heavy atom. The molecule has 1 spiro atoms. The summed E-state index contributed by atoms with van der Waals surface area (Å²) in [5.74, 6) is 0. The molecule has 0 saturated carbocycles. The van der Waals surface area contributed by atoms with Crippen LogP contribution in [0, 0.1) is 0 Å². The molecule has 0 bridgehead atoms. The zero-order valence-corrected chi connectivity index (χ0v) is 15.0. The molecule has 2 N–H and O–H groups in total. The highest BCUT2D eigenvalue weighted by Gasteiger charge is 2.52. The van der Waals surface area contributed by atoms with Gasteiger partial charge in [0.05, 0.1) is 5.41 Å².